The number of carbonyl (C=O) groups is 1. The predicted octanol–water partition coefficient (Wildman–Crippen LogP) is 0.963. The molecular formula is C11H18N2O. The Morgan fingerprint density at radius 1 is 1.36 bits per heavy atom. The maximum absolute atomic E-state index is 11.7. The Morgan fingerprint density at radius 3 is 2.93 bits per heavy atom. The van der Waals surface area contributed by atoms with Crippen molar-refractivity contribution in [3.63, 3.8) is 0 Å². The molecule has 1 aliphatic carbocycles. The van der Waals surface area contributed by atoms with Crippen LogP contribution in [-0.2, 0) is 4.79 Å². The lowest BCUT2D eigenvalue weighted by atomic mass is 10.0. The maximum Gasteiger partial charge on any atom is 0.237 e. The molecule has 1 amide bonds. The van der Waals surface area contributed by atoms with E-state index in [0.717, 1.165) is 38.6 Å². The molecule has 1 heterocycles. The minimum absolute atomic E-state index is 0.0703. The van der Waals surface area contributed by atoms with Crippen LogP contribution in [-0.4, -0.2) is 24.5 Å². The molecule has 2 aliphatic rings. The van der Waals surface area contributed by atoms with Crippen LogP contribution in [0.3, 0.4) is 0 Å². The summed E-state index contributed by atoms with van der Waals surface area (Å²) in [6.07, 6.45) is 9.67. The summed E-state index contributed by atoms with van der Waals surface area (Å²) in [5, 5.41) is 6.32. The van der Waals surface area contributed by atoms with Crippen LogP contribution in [0, 0.1) is 0 Å². The Hall–Kier alpha value is -0.830. The molecule has 0 aromatic rings. The van der Waals surface area contributed by atoms with E-state index in [2.05, 4.69) is 22.8 Å². The molecule has 14 heavy (non-hydrogen) atoms. The van der Waals surface area contributed by atoms with Gasteiger partial charge in [-0.1, -0.05) is 12.2 Å². The number of carbonyl (C=O) groups excluding carboxylic acids is 1. The largest absolute Gasteiger partial charge is 0.352 e. The lowest BCUT2D eigenvalue weighted by Crippen LogP contribution is -2.45. The monoisotopic (exact) mass is 194 g/mol. The van der Waals surface area contributed by atoms with Gasteiger partial charge in [-0.25, -0.2) is 0 Å². The molecule has 1 fully saturated rings. The first-order valence-electron chi connectivity index (χ1n) is 5.55. The predicted molar refractivity (Wildman–Crippen MR) is 55.9 cm³/mol. The van der Waals surface area contributed by atoms with Gasteiger partial charge in [0.25, 0.3) is 0 Å². The second kappa shape index (κ2) is 4.60. The van der Waals surface area contributed by atoms with E-state index in [1.165, 1.54) is 0 Å². The van der Waals surface area contributed by atoms with E-state index in [1.807, 2.05) is 0 Å². The third kappa shape index (κ3) is 2.35. The number of allylic oxidation sites excluding steroid dienone is 1. The summed E-state index contributed by atoms with van der Waals surface area (Å²) in [5.74, 6) is 0.197. The van der Waals surface area contributed by atoms with E-state index < -0.39 is 0 Å². The molecule has 0 saturated carbocycles. The van der Waals surface area contributed by atoms with Crippen molar-refractivity contribution in [2.75, 3.05) is 6.54 Å². The molecule has 0 unspecified atom stereocenters. The van der Waals surface area contributed by atoms with Crippen molar-refractivity contribution in [3.8, 4) is 0 Å². The van der Waals surface area contributed by atoms with Crippen LogP contribution < -0.4 is 10.6 Å². The average Bonchev–Trinajstić information content (AvgIpc) is 2.72. The standard InChI is InChI=1S/C11H18N2O/c14-11(10-7-4-8-12-10)13-9-5-2-1-3-6-9/h1-2,9-10,12H,3-8H2,(H,13,14)/t9-,10-/m0/s1. The number of amides is 1. The van der Waals surface area contributed by atoms with Crippen molar-refractivity contribution in [2.45, 2.75) is 44.2 Å². The van der Waals surface area contributed by atoms with Gasteiger partial charge in [0.15, 0.2) is 0 Å². The Balaban J connectivity index is 1.78. The van der Waals surface area contributed by atoms with E-state index in [-0.39, 0.29) is 11.9 Å². The van der Waals surface area contributed by atoms with Crippen molar-refractivity contribution in [3.05, 3.63) is 12.2 Å². The molecule has 1 saturated heterocycles. The zero-order chi connectivity index (χ0) is 9.80. The fraction of sp³-hybridized carbons (Fsp3) is 0.727. The van der Waals surface area contributed by atoms with Crippen molar-refractivity contribution >= 4 is 5.91 Å². The minimum Gasteiger partial charge on any atom is -0.352 e. The molecule has 2 atom stereocenters. The molecule has 0 bridgehead atoms. The van der Waals surface area contributed by atoms with Crippen molar-refractivity contribution < 1.29 is 4.79 Å². The van der Waals surface area contributed by atoms with Gasteiger partial charge < -0.3 is 10.6 Å². The fourth-order valence-corrected chi connectivity index (χ4v) is 2.13. The summed E-state index contributed by atoms with van der Waals surface area (Å²) in [5.41, 5.74) is 0. The van der Waals surface area contributed by atoms with E-state index in [4.69, 9.17) is 0 Å². The molecule has 0 radical (unpaired) electrons. The summed E-state index contributed by atoms with van der Waals surface area (Å²) in [7, 11) is 0. The van der Waals surface area contributed by atoms with E-state index >= 15 is 0 Å². The highest BCUT2D eigenvalue weighted by atomic mass is 16.2. The highest BCUT2D eigenvalue weighted by Crippen LogP contribution is 2.12. The Bertz CT molecular complexity index is 231. The molecule has 0 aromatic carbocycles. The van der Waals surface area contributed by atoms with Gasteiger partial charge >= 0.3 is 0 Å². The first-order chi connectivity index (χ1) is 6.86. The SMILES string of the molecule is O=C(N[C@H]1CC=CCC1)[C@@H]1CCCN1. The van der Waals surface area contributed by atoms with Gasteiger partial charge in [-0.05, 0) is 38.6 Å². The van der Waals surface area contributed by atoms with Gasteiger partial charge in [0.2, 0.25) is 5.91 Å². The minimum atomic E-state index is 0.0703. The van der Waals surface area contributed by atoms with Crippen LogP contribution in [0.15, 0.2) is 12.2 Å². The number of rotatable bonds is 2. The molecule has 0 spiro atoms. The summed E-state index contributed by atoms with van der Waals surface area (Å²) in [6.45, 7) is 0.989. The third-order valence-electron chi connectivity index (χ3n) is 2.99. The second-order valence-electron chi connectivity index (χ2n) is 4.14. The second-order valence-corrected chi connectivity index (χ2v) is 4.14. The van der Waals surface area contributed by atoms with Crippen molar-refractivity contribution in [2.24, 2.45) is 0 Å². The van der Waals surface area contributed by atoms with Crippen LogP contribution in [0.25, 0.3) is 0 Å². The Labute approximate surface area is 84.9 Å². The molecule has 3 heteroatoms. The number of hydrogen-bond acceptors (Lipinski definition) is 2. The van der Waals surface area contributed by atoms with Gasteiger partial charge in [0.05, 0.1) is 6.04 Å². The van der Waals surface area contributed by atoms with Crippen molar-refractivity contribution in [1.82, 2.24) is 10.6 Å². The zero-order valence-electron chi connectivity index (χ0n) is 8.46. The van der Waals surface area contributed by atoms with E-state index in [1.54, 1.807) is 0 Å². The number of nitrogens with one attached hydrogen (secondary N) is 2. The Morgan fingerprint density at radius 2 is 2.29 bits per heavy atom. The summed E-state index contributed by atoms with van der Waals surface area (Å²) >= 11 is 0. The van der Waals surface area contributed by atoms with Crippen LogP contribution in [0.1, 0.15) is 32.1 Å². The van der Waals surface area contributed by atoms with Crippen LogP contribution in [0.2, 0.25) is 0 Å². The normalized spacial score (nSPS) is 31.7. The highest BCUT2D eigenvalue weighted by Gasteiger charge is 2.23. The van der Waals surface area contributed by atoms with Gasteiger partial charge in [0, 0.05) is 6.04 Å². The molecule has 2 rings (SSSR count). The highest BCUT2D eigenvalue weighted by molar-refractivity contribution is 5.82. The number of hydrogen-bond donors (Lipinski definition) is 2. The summed E-state index contributed by atoms with van der Waals surface area (Å²) in [4.78, 5) is 11.7. The van der Waals surface area contributed by atoms with Crippen LogP contribution in [0.4, 0.5) is 0 Å². The smallest absolute Gasteiger partial charge is 0.237 e. The first-order valence-corrected chi connectivity index (χ1v) is 5.55. The zero-order valence-corrected chi connectivity index (χ0v) is 8.46. The lowest BCUT2D eigenvalue weighted by Gasteiger charge is -2.21. The summed E-state index contributed by atoms with van der Waals surface area (Å²) < 4.78 is 0. The summed E-state index contributed by atoms with van der Waals surface area (Å²) in [6, 6.07) is 0.441. The lowest BCUT2D eigenvalue weighted by molar-refractivity contribution is -0.123. The van der Waals surface area contributed by atoms with Crippen molar-refractivity contribution in [1.29, 1.82) is 0 Å². The third-order valence-corrected chi connectivity index (χ3v) is 2.99. The van der Waals surface area contributed by atoms with Gasteiger partial charge in [-0.2, -0.15) is 0 Å². The quantitative estimate of drug-likeness (QED) is 0.643. The molecular weight excluding hydrogens is 176 g/mol. The van der Waals surface area contributed by atoms with Gasteiger partial charge in [-0.15, -0.1) is 0 Å². The van der Waals surface area contributed by atoms with Gasteiger partial charge in [-0.3, -0.25) is 4.79 Å². The molecule has 2 N–H and O–H groups in total. The average molecular weight is 194 g/mol. The van der Waals surface area contributed by atoms with E-state index in [9.17, 15) is 4.79 Å². The van der Waals surface area contributed by atoms with E-state index in [0.29, 0.717) is 6.04 Å². The molecule has 1 aliphatic heterocycles. The fourth-order valence-electron chi connectivity index (χ4n) is 2.13. The maximum atomic E-state index is 11.7. The topological polar surface area (TPSA) is 41.1 Å². The molecule has 78 valence electrons. The van der Waals surface area contributed by atoms with Crippen LogP contribution >= 0.6 is 0 Å². The molecule has 0 aromatic heterocycles. The molecule has 3 nitrogen and oxygen atoms in total. The first kappa shape index (κ1) is 9.71. The van der Waals surface area contributed by atoms with Crippen LogP contribution in [0.5, 0.6) is 0 Å². The Kier molecular flexibility index (Phi) is 3.19. The van der Waals surface area contributed by atoms with Gasteiger partial charge in [0.1, 0.15) is 0 Å².